The third-order valence-electron chi connectivity index (χ3n) is 7.54. The fourth-order valence-electron chi connectivity index (χ4n) is 5.78. The van der Waals surface area contributed by atoms with Gasteiger partial charge in [0.25, 0.3) is 0 Å². The Kier molecular flexibility index (Phi) is 4.52. The van der Waals surface area contributed by atoms with Gasteiger partial charge in [-0.15, -0.1) is 0 Å². The third kappa shape index (κ3) is 3.19. The van der Waals surface area contributed by atoms with E-state index < -0.39 is 0 Å². The van der Waals surface area contributed by atoms with Crippen molar-refractivity contribution in [1.29, 1.82) is 0 Å². The van der Waals surface area contributed by atoms with Crippen LogP contribution in [0, 0.1) is 0 Å². The van der Waals surface area contributed by atoms with Gasteiger partial charge in [-0.1, -0.05) is 54.6 Å². The molecule has 3 nitrogen and oxygen atoms in total. The first-order valence-corrected chi connectivity index (χ1v) is 12.9. The van der Waals surface area contributed by atoms with Crippen LogP contribution in [0.1, 0.15) is 0 Å². The van der Waals surface area contributed by atoms with E-state index in [1.165, 1.54) is 49.2 Å². The van der Waals surface area contributed by atoms with Crippen LogP contribution in [0.2, 0.25) is 0 Å². The number of benzene rings is 5. The van der Waals surface area contributed by atoms with Crippen molar-refractivity contribution in [1.82, 2.24) is 14.1 Å². The van der Waals surface area contributed by atoms with Crippen LogP contribution in [-0.4, -0.2) is 14.1 Å². The average Bonchev–Trinajstić information content (AvgIpc) is 3.54. The van der Waals surface area contributed by atoms with Crippen molar-refractivity contribution in [2.45, 2.75) is 0 Å². The van der Waals surface area contributed by atoms with Crippen LogP contribution in [0.15, 0.2) is 140 Å². The Morgan fingerprint density at radius 2 is 1.26 bits per heavy atom. The molecule has 0 aliphatic carbocycles. The summed E-state index contributed by atoms with van der Waals surface area (Å²) in [6.45, 7) is 0. The van der Waals surface area contributed by atoms with Gasteiger partial charge in [-0.25, -0.2) is 0 Å². The minimum atomic E-state index is 0.977. The zero-order valence-corrected chi connectivity index (χ0v) is 20.6. The predicted octanol–water partition coefficient (Wildman–Crippen LogP) is 8.94. The van der Waals surface area contributed by atoms with Crippen molar-refractivity contribution in [2.24, 2.45) is 0 Å². The number of nitrogens with zero attached hydrogens (tertiary/aromatic N) is 3. The minimum Gasteiger partial charge on any atom is -0.317 e. The molecule has 0 spiro atoms. The van der Waals surface area contributed by atoms with Crippen LogP contribution in [0.3, 0.4) is 0 Å². The van der Waals surface area contributed by atoms with Gasteiger partial charge in [0, 0.05) is 45.5 Å². The maximum Gasteiger partial charge on any atom is 0.0702 e. The van der Waals surface area contributed by atoms with Gasteiger partial charge < -0.3 is 9.13 Å². The third-order valence-corrected chi connectivity index (χ3v) is 7.54. The fraction of sp³-hybridized carbons (Fsp3) is 0. The molecule has 0 saturated heterocycles. The number of fused-ring (bicyclic) bond motifs is 5. The maximum atomic E-state index is 4.58. The predicted molar refractivity (Wildman–Crippen MR) is 158 cm³/mol. The molecule has 3 heterocycles. The highest BCUT2D eigenvalue weighted by Crippen LogP contribution is 2.37. The van der Waals surface area contributed by atoms with Crippen LogP contribution in [0.5, 0.6) is 0 Å². The largest absolute Gasteiger partial charge is 0.317 e. The molecule has 3 aromatic heterocycles. The van der Waals surface area contributed by atoms with Gasteiger partial charge in [-0.3, -0.25) is 4.98 Å². The summed E-state index contributed by atoms with van der Waals surface area (Å²) in [4.78, 5) is 4.58. The Bertz CT molecular complexity index is 2120. The molecule has 0 aliphatic rings. The smallest absolute Gasteiger partial charge is 0.0702 e. The van der Waals surface area contributed by atoms with Crippen LogP contribution < -0.4 is 0 Å². The summed E-state index contributed by atoms with van der Waals surface area (Å²) in [5.41, 5.74) is 8.00. The van der Waals surface area contributed by atoms with Gasteiger partial charge in [-0.05, 0) is 83.6 Å². The molecular weight excluding hydrogens is 462 g/mol. The maximum absolute atomic E-state index is 4.58. The molecule has 38 heavy (non-hydrogen) atoms. The molecule has 0 N–H and O–H groups in total. The van der Waals surface area contributed by atoms with Gasteiger partial charge in [0.15, 0.2) is 0 Å². The fourth-order valence-corrected chi connectivity index (χ4v) is 5.78. The molecule has 8 aromatic rings. The van der Waals surface area contributed by atoms with Gasteiger partial charge in [0.2, 0.25) is 0 Å². The molecule has 0 bridgehead atoms. The zero-order chi connectivity index (χ0) is 25.1. The average molecular weight is 486 g/mol. The molecule has 0 fully saturated rings. The molecule has 0 amide bonds. The molecule has 178 valence electrons. The van der Waals surface area contributed by atoms with E-state index in [2.05, 4.69) is 136 Å². The van der Waals surface area contributed by atoms with E-state index in [1.807, 2.05) is 18.3 Å². The van der Waals surface area contributed by atoms with Crippen molar-refractivity contribution in [2.75, 3.05) is 0 Å². The van der Waals surface area contributed by atoms with Crippen molar-refractivity contribution < 1.29 is 0 Å². The number of aromatic nitrogens is 3. The summed E-state index contributed by atoms with van der Waals surface area (Å²) < 4.78 is 4.65. The normalized spacial score (nSPS) is 11.7. The summed E-state index contributed by atoms with van der Waals surface area (Å²) >= 11 is 0. The Morgan fingerprint density at radius 1 is 0.474 bits per heavy atom. The van der Waals surface area contributed by atoms with Crippen molar-refractivity contribution in [3.05, 3.63) is 140 Å². The number of hydrogen-bond acceptors (Lipinski definition) is 1. The summed E-state index contributed by atoms with van der Waals surface area (Å²) in [5, 5.41) is 6.24. The molecule has 0 saturated carbocycles. The number of hydrogen-bond donors (Lipinski definition) is 0. The lowest BCUT2D eigenvalue weighted by Crippen LogP contribution is -1.95. The highest BCUT2D eigenvalue weighted by atomic mass is 15.0. The second-order valence-corrected chi connectivity index (χ2v) is 9.77. The number of para-hydroxylation sites is 2. The van der Waals surface area contributed by atoms with E-state index in [0.717, 1.165) is 16.9 Å². The van der Waals surface area contributed by atoms with E-state index in [-0.39, 0.29) is 0 Å². The van der Waals surface area contributed by atoms with E-state index in [4.69, 9.17) is 0 Å². The van der Waals surface area contributed by atoms with Crippen LogP contribution in [-0.2, 0) is 0 Å². The lowest BCUT2D eigenvalue weighted by Gasteiger charge is -2.11. The zero-order valence-electron chi connectivity index (χ0n) is 20.6. The summed E-state index contributed by atoms with van der Waals surface area (Å²) in [7, 11) is 0. The Hall–Kier alpha value is -5.15. The highest BCUT2D eigenvalue weighted by Gasteiger charge is 2.15. The molecule has 0 radical (unpaired) electrons. The quantitative estimate of drug-likeness (QED) is 0.245. The van der Waals surface area contributed by atoms with E-state index in [9.17, 15) is 0 Å². The Balaban J connectivity index is 1.41. The first kappa shape index (κ1) is 21.0. The molecule has 3 heteroatoms. The molecule has 0 aliphatic heterocycles. The first-order chi connectivity index (χ1) is 18.8. The Morgan fingerprint density at radius 3 is 2.16 bits per heavy atom. The van der Waals surface area contributed by atoms with Gasteiger partial charge in [0.1, 0.15) is 0 Å². The molecule has 0 unspecified atom stereocenters. The second-order valence-electron chi connectivity index (χ2n) is 9.77. The molecule has 8 rings (SSSR count). The van der Waals surface area contributed by atoms with Crippen LogP contribution in [0.25, 0.3) is 66.1 Å². The lowest BCUT2D eigenvalue weighted by atomic mass is 10.0. The minimum absolute atomic E-state index is 0.977. The van der Waals surface area contributed by atoms with E-state index >= 15 is 0 Å². The highest BCUT2D eigenvalue weighted by molar-refractivity contribution is 6.15. The second kappa shape index (κ2) is 8.19. The topological polar surface area (TPSA) is 22.8 Å². The number of pyridine rings is 1. The lowest BCUT2D eigenvalue weighted by molar-refractivity contribution is 1.13. The van der Waals surface area contributed by atoms with Gasteiger partial charge >= 0.3 is 0 Å². The van der Waals surface area contributed by atoms with Crippen molar-refractivity contribution >= 4 is 43.5 Å². The molecular formula is C35H23N3. The van der Waals surface area contributed by atoms with Crippen LogP contribution in [0.4, 0.5) is 0 Å². The summed E-state index contributed by atoms with van der Waals surface area (Å²) in [5.74, 6) is 0. The van der Waals surface area contributed by atoms with Gasteiger partial charge in [0.05, 0.1) is 22.2 Å². The van der Waals surface area contributed by atoms with E-state index in [0.29, 0.717) is 0 Å². The summed E-state index contributed by atoms with van der Waals surface area (Å²) in [6.07, 6.45) is 4.01. The van der Waals surface area contributed by atoms with Gasteiger partial charge in [-0.2, -0.15) is 0 Å². The number of rotatable bonds is 3. The van der Waals surface area contributed by atoms with Crippen molar-refractivity contribution in [3.63, 3.8) is 0 Å². The molecule has 0 atom stereocenters. The summed E-state index contributed by atoms with van der Waals surface area (Å²) in [6, 6.07) is 45.5. The first-order valence-electron chi connectivity index (χ1n) is 12.9. The van der Waals surface area contributed by atoms with Crippen molar-refractivity contribution in [3.8, 4) is 22.6 Å². The standard InChI is InChI=1S/C35H23N3/c1-2-10-28(11-3-1)37-18-16-25-19-26-21-31-30-13-4-5-15-33(30)38(35(31)23-27(26)22-34(25)37)29-12-8-9-24(20-29)32-14-6-7-17-36-32/h1-23H. The Labute approximate surface area is 219 Å². The monoisotopic (exact) mass is 485 g/mol. The van der Waals surface area contributed by atoms with Crippen LogP contribution >= 0.6 is 0 Å². The SMILES string of the molecule is c1ccc(-n2ccc3cc4cc5c6ccccc6n(-c6cccc(-c7ccccn7)c6)c5cc4cc32)cc1. The van der Waals surface area contributed by atoms with E-state index in [1.54, 1.807) is 0 Å². The molecule has 5 aromatic carbocycles.